The molecule has 0 amide bonds. The maximum Gasteiger partial charge on any atom is -1.00 e. The average Bonchev–Trinajstić information content (AvgIpc) is 2.69. The maximum absolute atomic E-state index is 4.65. The Morgan fingerprint density at radius 2 is 1.58 bits per heavy atom. The van der Waals surface area contributed by atoms with Crippen molar-refractivity contribution in [3.63, 3.8) is 0 Å². The third-order valence-corrected chi connectivity index (χ3v) is 11.4. The minimum absolute atomic E-state index is 0. The zero-order valence-electron chi connectivity index (χ0n) is 12.3. The number of allylic oxidation sites excluding steroid dienone is 8. The van der Waals surface area contributed by atoms with Crippen molar-refractivity contribution in [3.05, 3.63) is 41.5 Å². The Hall–Kier alpha value is 0.293. The predicted octanol–water partition coefficient (Wildman–Crippen LogP) is -1.61. The molecule has 0 aromatic rings. The molecule has 104 valence electrons. The molecule has 0 bridgehead atoms. The van der Waals surface area contributed by atoms with Gasteiger partial charge in [-0.2, -0.15) is 0 Å². The molecule has 0 aromatic heterocycles. The van der Waals surface area contributed by atoms with E-state index in [0.29, 0.717) is 11.8 Å². The second kappa shape index (κ2) is 7.34. The summed E-state index contributed by atoms with van der Waals surface area (Å²) in [6, 6.07) is 0. The van der Waals surface area contributed by atoms with E-state index in [0.717, 1.165) is 0 Å². The largest absolute Gasteiger partial charge is 1.00 e. The SMILES string of the molecule is [CH2]=[Zr+2]([C]1=C(C)C=CC1C)[C]1=C(C)C(C)=CC1C.[Cl-].[Cl-]. The average molecular weight is 376 g/mol. The normalized spacial score (nSPS) is 24.7. The van der Waals surface area contributed by atoms with E-state index < -0.39 is 21.3 Å². The van der Waals surface area contributed by atoms with Crippen LogP contribution < -0.4 is 24.8 Å². The summed E-state index contributed by atoms with van der Waals surface area (Å²) in [6.07, 6.45) is 7.05. The van der Waals surface area contributed by atoms with Crippen LogP contribution in [0.3, 0.4) is 0 Å². The fourth-order valence-electron chi connectivity index (χ4n) is 3.13. The molecule has 2 aliphatic carbocycles. The van der Waals surface area contributed by atoms with Gasteiger partial charge in [-0.05, 0) is 0 Å². The summed E-state index contributed by atoms with van der Waals surface area (Å²) < 4.78 is 8.07. The van der Waals surface area contributed by atoms with Gasteiger partial charge in [0.1, 0.15) is 0 Å². The molecule has 0 fully saturated rings. The maximum atomic E-state index is 4.65. The molecular weight excluding hydrogens is 354 g/mol. The molecular formula is C16H22Cl2Zr. The van der Waals surface area contributed by atoms with Crippen molar-refractivity contribution in [2.24, 2.45) is 11.8 Å². The monoisotopic (exact) mass is 374 g/mol. The standard InChI is InChI=1S/C8H11.C7H9.CH2.2ClH.Zr/c1-6-4-7(2)8(3)5-6;1-6-3-4-7(2)5-6;;;;/h4,6H,1-3H3;3-4,6H,1-2H3;1H2;2*1H;/q;;;;;+2/p-2. The topological polar surface area (TPSA) is 0 Å². The van der Waals surface area contributed by atoms with Crippen molar-refractivity contribution in [2.45, 2.75) is 34.6 Å². The van der Waals surface area contributed by atoms with E-state index in [4.69, 9.17) is 0 Å². The molecule has 3 heteroatoms. The first-order valence-electron chi connectivity index (χ1n) is 6.41. The van der Waals surface area contributed by atoms with Crippen molar-refractivity contribution in [1.29, 1.82) is 0 Å². The van der Waals surface area contributed by atoms with Gasteiger partial charge in [0.25, 0.3) is 0 Å². The molecule has 0 radical (unpaired) electrons. The zero-order valence-corrected chi connectivity index (χ0v) is 16.3. The minimum atomic E-state index is -1.81. The first-order chi connectivity index (χ1) is 7.93. The van der Waals surface area contributed by atoms with Gasteiger partial charge in [-0.1, -0.05) is 0 Å². The Bertz CT molecular complexity index is 507. The van der Waals surface area contributed by atoms with Crippen LogP contribution in [0.15, 0.2) is 41.5 Å². The summed E-state index contributed by atoms with van der Waals surface area (Å²) >= 11 is -1.81. The summed E-state index contributed by atoms with van der Waals surface area (Å²) in [6.45, 7) is 11.5. The summed E-state index contributed by atoms with van der Waals surface area (Å²) in [5.74, 6) is 1.27. The second-order valence-corrected chi connectivity index (χ2v) is 10.4. The molecule has 0 spiro atoms. The number of hydrogen-bond donors (Lipinski definition) is 0. The van der Waals surface area contributed by atoms with Gasteiger partial charge in [0.2, 0.25) is 0 Å². The van der Waals surface area contributed by atoms with Gasteiger partial charge in [0, 0.05) is 0 Å². The molecule has 2 rings (SSSR count). The quantitative estimate of drug-likeness (QED) is 0.544. The second-order valence-electron chi connectivity index (χ2n) is 5.40. The smallest absolute Gasteiger partial charge is 1.00 e. The van der Waals surface area contributed by atoms with Crippen LogP contribution >= 0.6 is 0 Å². The van der Waals surface area contributed by atoms with Gasteiger partial charge < -0.3 is 24.8 Å². The Kier molecular flexibility index (Phi) is 7.46. The van der Waals surface area contributed by atoms with Crippen molar-refractivity contribution >= 4 is 4.21 Å². The fourth-order valence-corrected chi connectivity index (χ4v) is 9.96. The van der Waals surface area contributed by atoms with Gasteiger partial charge in [-0.15, -0.1) is 0 Å². The molecule has 2 atom stereocenters. The Labute approximate surface area is 137 Å². The van der Waals surface area contributed by atoms with Gasteiger partial charge in [0.05, 0.1) is 0 Å². The van der Waals surface area contributed by atoms with Crippen LogP contribution in [0.4, 0.5) is 0 Å². The van der Waals surface area contributed by atoms with Crippen LogP contribution in [-0.2, 0) is 21.3 Å². The first kappa shape index (κ1) is 19.3. The van der Waals surface area contributed by atoms with E-state index in [-0.39, 0.29) is 24.8 Å². The van der Waals surface area contributed by atoms with Gasteiger partial charge in [0.15, 0.2) is 0 Å². The molecule has 2 aliphatic rings. The van der Waals surface area contributed by atoms with E-state index >= 15 is 0 Å². The first-order valence-corrected chi connectivity index (χ1v) is 10.6. The van der Waals surface area contributed by atoms with Crippen LogP contribution in [0, 0.1) is 11.8 Å². The number of rotatable bonds is 2. The van der Waals surface area contributed by atoms with Crippen molar-refractivity contribution in [1.82, 2.24) is 0 Å². The number of hydrogen-bond acceptors (Lipinski definition) is 0. The van der Waals surface area contributed by atoms with Crippen molar-refractivity contribution in [3.8, 4) is 0 Å². The third-order valence-electron chi connectivity index (χ3n) is 4.12. The van der Waals surface area contributed by atoms with Crippen LogP contribution in [0.2, 0.25) is 0 Å². The Morgan fingerprint density at radius 3 is 1.95 bits per heavy atom. The van der Waals surface area contributed by atoms with Gasteiger partial charge in [-0.3, -0.25) is 0 Å². The van der Waals surface area contributed by atoms with E-state index in [1.165, 1.54) is 11.1 Å². The minimum Gasteiger partial charge on any atom is -1.00 e. The van der Waals surface area contributed by atoms with Crippen LogP contribution in [0.5, 0.6) is 0 Å². The molecule has 2 unspecified atom stereocenters. The van der Waals surface area contributed by atoms with Crippen LogP contribution in [0.25, 0.3) is 0 Å². The molecule has 0 nitrogen and oxygen atoms in total. The van der Waals surface area contributed by atoms with Crippen LogP contribution in [-0.4, -0.2) is 4.21 Å². The van der Waals surface area contributed by atoms with Crippen molar-refractivity contribution in [2.75, 3.05) is 0 Å². The van der Waals surface area contributed by atoms with Crippen LogP contribution in [0.1, 0.15) is 34.6 Å². The molecule has 0 saturated heterocycles. The molecule has 19 heavy (non-hydrogen) atoms. The van der Waals surface area contributed by atoms with E-state index in [1.54, 1.807) is 12.1 Å². The molecule has 0 aliphatic heterocycles. The summed E-state index contributed by atoms with van der Waals surface area (Å²) in [5.41, 5.74) is 4.52. The molecule has 0 saturated carbocycles. The number of halogens is 2. The summed E-state index contributed by atoms with van der Waals surface area (Å²) in [4.78, 5) is 0. The van der Waals surface area contributed by atoms with E-state index in [9.17, 15) is 0 Å². The summed E-state index contributed by atoms with van der Waals surface area (Å²) in [5, 5.41) is 0. The van der Waals surface area contributed by atoms with Gasteiger partial charge >= 0.3 is 113 Å². The Balaban J connectivity index is 0.00000162. The van der Waals surface area contributed by atoms with Gasteiger partial charge in [-0.25, -0.2) is 0 Å². The Morgan fingerprint density at radius 1 is 1.00 bits per heavy atom. The fraction of sp³-hybridized carbons (Fsp3) is 0.438. The zero-order chi connectivity index (χ0) is 12.7. The third kappa shape index (κ3) is 3.49. The van der Waals surface area contributed by atoms with E-state index in [1.807, 2.05) is 0 Å². The molecule has 0 aromatic carbocycles. The molecule has 0 N–H and O–H groups in total. The van der Waals surface area contributed by atoms with E-state index in [2.05, 4.69) is 57.1 Å². The van der Waals surface area contributed by atoms with Crippen molar-refractivity contribution < 1.29 is 46.1 Å². The summed E-state index contributed by atoms with van der Waals surface area (Å²) in [7, 11) is 0. The molecule has 0 heterocycles. The predicted molar refractivity (Wildman–Crippen MR) is 73.7 cm³/mol.